The molecule has 4 nitrogen and oxygen atoms in total. The molecule has 0 radical (unpaired) electrons. The molecule has 2 aromatic rings. The van der Waals surface area contributed by atoms with Gasteiger partial charge in [-0.2, -0.15) is 5.10 Å². The maximum Gasteiger partial charge on any atom is 0.136 e. The highest BCUT2D eigenvalue weighted by Gasteiger charge is 2.10. The van der Waals surface area contributed by atoms with E-state index in [2.05, 4.69) is 26.0 Å². The van der Waals surface area contributed by atoms with Crippen molar-refractivity contribution in [1.82, 2.24) is 14.8 Å². The maximum atomic E-state index is 5.89. The number of nitrogen functional groups attached to an aromatic ring is 1. The van der Waals surface area contributed by atoms with Gasteiger partial charge in [0.05, 0.1) is 16.7 Å². The number of rotatable bonds is 2. The van der Waals surface area contributed by atoms with Crippen molar-refractivity contribution >= 4 is 33.1 Å². The van der Waals surface area contributed by atoms with Gasteiger partial charge >= 0.3 is 0 Å². The molecule has 15 heavy (non-hydrogen) atoms. The highest BCUT2D eigenvalue weighted by atomic mass is 79.9. The lowest BCUT2D eigenvalue weighted by Gasteiger charge is -2.00. The van der Waals surface area contributed by atoms with E-state index in [1.54, 1.807) is 16.0 Å². The molecule has 6 heteroatoms. The number of anilines is 1. The molecule has 0 aliphatic rings. The van der Waals surface area contributed by atoms with Crippen LogP contribution in [0.25, 0.3) is 0 Å². The Balaban J connectivity index is 2.28. The van der Waals surface area contributed by atoms with Gasteiger partial charge in [0.15, 0.2) is 0 Å². The standard InChI is InChI=1S/C9H11BrN4S/c1-5-4-15-7(12-5)3-14-9(11)8(10)6(2)13-14/h4H,3,11H2,1-2H3. The highest BCUT2D eigenvalue weighted by molar-refractivity contribution is 9.10. The number of aryl methyl sites for hydroxylation is 2. The summed E-state index contributed by atoms with van der Waals surface area (Å²) >= 11 is 5.02. The molecule has 0 spiro atoms. The average Bonchev–Trinajstić information content (AvgIpc) is 2.68. The number of aromatic nitrogens is 3. The van der Waals surface area contributed by atoms with Gasteiger partial charge in [-0.1, -0.05) is 0 Å². The van der Waals surface area contributed by atoms with Crippen LogP contribution in [0, 0.1) is 13.8 Å². The summed E-state index contributed by atoms with van der Waals surface area (Å²) in [5.74, 6) is 0.653. The first kappa shape index (κ1) is 10.6. The normalized spacial score (nSPS) is 10.9. The lowest BCUT2D eigenvalue weighted by molar-refractivity contribution is 0.685. The molecule has 0 aliphatic heterocycles. The fraction of sp³-hybridized carbons (Fsp3) is 0.333. The van der Waals surface area contributed by atoms with Crippen LogP contribution in [0.3, 0.4) is 0 Å². The number of halogens is 1. The Morgan fingerprint density at radius 3 is 2.73 bits per heavy atom. The molecule has 2 N–H and O–H groups in total. The monoisotopic (exact) mass is 286 g/mol. The van der Waals surface area contributed by atoms with Gasteiger partial charge in [-0.05, 0) is 29.8 Å². The third-order valence-electron chi connectivity index (χ3n) is 2.04. The van der Waals surface area contributed by atoms with E-state index in [-0.39, 0.29) is 0 Å². The third kappa shape index (κ3) is 2.05. The van der Waals surface area contributed by atoms with Gasteiger partial charge < -0.3 is 5.73 Å². The van der Waals surface area contributed by atoms with Gasteiger partial charge in [-0.25, -0.2) is 9.67 Å². The van der Waals surface area contributed by atoms with E-state index < -0.39 is 0 Å². The van der Waals surface area contributed by atoms with Crippen LogP contribution < -0.4 is 5.73 Å². The molecule has 0 aromatic carbocycles. The van der Waals surface area contributed by atoms with Gasteiger partial charge in [0.25, 0.3) is 0 Å². The summed E-state index contributed by atoms with van der Waals surface area (Å²) in [6, 6.07) is 0. The van der Waals surface area contributed by atoms with Gasteiger partial charge in [-0.15, -0.1) is 11.3 Å². The molecule has 2 aromatic heterocycles. The van der Waals surface area contributed by atoms with Gasteiger partial charge in [0, 0.05) is 11.1 Å². The largest absolute Gasteiger partial charge is 0.383 e. The molecule has 2 heterocycles. The topological polar surface area (TPSA) is 56.7 Å². The SMILES string of the molecule is Cc1csc(Cn2nc(C)c(Br)c2N)n1. The Morgan fingerprint density at radius 1 is 1.53 bits per heavy atom. The summed E-state index contributed by atoms with van der Waals surface area (Å²) < 4.78 is 2.63. The molecular weight excluding hydrogens is 276 g/mol. The minimum Gasteiger partial charge on any atom is -0.383 e. The first-order valence-electron chi connectivity index (χ1n) is 4.47. The zero-order valence-electron chi connectivity index (χ0n) is 8.49. The van der Waals surface area contributed by atoms with Gasteiger partial charge in [0.2, 0.25) is 0 Å². The molecule has 0 unspecified atom stereocenters. The lowest BCUT2D eigenvalue weighted by Crippen LogP contribution is -2.05. The Labute approximate surface area is 100 Å². The molecule has 0 atom stereocenters. The summed E-state index contributed by atoms with van der Waals surface area (Å²) in [6.45, 7) is 4.54. The number of nitrogens with zero attached hydrogens (tertiary/aromatic N) is 3. The summed E-state index contributed by atoms with van der Waals surface area (Å²) in [7, 11) is 0. The second kappa shape index (κ2) is 3.94. The highest BCUT2D eigenvalue weighted by Crippen LogP contribution is 2.24. The molecule has 0 fully saturated rings. The Bertz CT molecular complexity index is 488. The number of thiazole rings is 1. The van der Waals surface area contributed by atoms with Crippen molar-refractivity contribution in [2.45, 2.75) is 20.4 Å². The lowest BCUT2D eigenvalue weighted by atomic mass is 10.5. The number of hydrogen-bond acceptors (Lipinski definition) is 4. The maximum absolute atomic E-state index is 5.89. The van der Waals surface area contributed by atoms with E-state index in [0.29, 0.717) is 12.4 Å². The van der Waals surface area contributed by atoms with Crippen molar-refractivity contribution in [3.8, 4) is 0 Å². The first-order chi connectivity index (χ1) is 7.08. The summed E-state index contributed by atoms with van der Waals surface area (Å²) in [4.78, 5) is 4.37. The molecular formula is C9H11BrN4S. The molecule has 80 valence electrons. The van der Waals surface area contributed by atoms with E-state index in [1.807, 2.05) is 19.2 Å². The predicted molar refractivity (Wildman–Crippen MR) is 65.0 cm³/mol. The van der Waals surface area contributed by atoms with Crippen molar-refractivity contribution in [2.24, 2.45) is 0 Å². The second-order valence-corrected chi connectivity index (χ2v) is 5.06. The van der Waals surface area contributed by atoms with Gasteiger partial charge in [0.1, 0.15) is 10.8 Å². The Morgan fingerprint density at radius 2 is 2.27 bits per heavy atom. The summed E-state index contributed by atoms with van der Waals surface area (Å²) in [5.41, 5.74) is 7.83. The fourth-order valence-electron chi connectivity index (χ4n) is 1.30. The summed E-state index contributed by atoms with van der Waals surface area (Å²) in [6.07, 6.45) is 0. The second-order valence-electron chi connectivity index (χ2n) is 3.32. The summed E-state index contributed by atoms with van der Waals surface area (Å²) in [5, 5.41) is 7.37. The van der Waals surface area contributed by atoms with Gasteiger partial charge in [-0.3, -0.25) is 0 Å². The molecule has 0 saturated heterocycles. The van der Waals surface area contributed by atoms with Crippen LogP contribution in [0.5, 0.6) is 0 Å². The quantitative estimate of drug-likeness (QED) is 0.922. The minimum atomic E-state index is 0.636. The van der Waals surface area contributed by atoms with Crippen LogP contribution >= 0.6 is 27.3 Å². The smallest absolute Gasteiger partial charge is 0.136 e. The Hall–Kier alpha value is -0.880. The van der Waals surface area contributed by atoms with Crippen molar-refractivity contribution in [2.75, 3.05) is 5.73 Å². The van der Waals surface area contributed by atoms with Crippen molar-refractivity contribution in [1.29, 1.82) is 0 Å². The van der Waals surface area contributed by atoms with E-state index in [4.69, 9.17) is 5.73 Å². The first-order valence-corrected chi connectivity index (χ1v) is 6.14. The van der Waals surface area contributed by atoms with E-state index in [9.17, 15) is 0 Å². The van der Waals surface area contributed by atoms with Crippen LogP contribution in [0.15, 0.2) is 9.85 Å². The fourth-order valence-corrected chi connectivity index (χ4v) is 2.34. The molecule has 0 aliphatic carbocycles. The predicted octanol–water partition coefficient (Wildman–Crippen LogP) is 2.35. The van der Waals surface area contributed by atoms with Crippen molar-refractivity contribution in [3.63, 3.8) is 0 Å². The van der Waals surface area contributed by atoms with Crippen molar-refractivity contribution < 1.29 is 0 Å². The van der Waals surface area contributed by atoms with E-state index in [0.717, 1.165) is 20.9 Å². The van der Waals surface area contributed by atoms with Crippen LogP contribution in [0.1, 0.15) is 16.4 Å². The molecule has 2 rings (SSSR count). The van der Waals surface area contributed by atoms with E-state index in [1.165, 1.54) is 0 Å². The number of nitrogens with two attached hydrogens (primary N) is 1. The number of hydrogen-bond donors (Lipinski definition) is 1. The minimum absolute atomic E-state index is 0.636. The molecule has 0 saturated carbocycles. The van der Waals surface area contributed by atoms with Crippen LogP contribution in [-0.2, 0) is 6.54 Å². The average molecular weight is 287 g/mol. The zero-order chi connectivity index (χ0) is 11.0. The van der Waals surface area contributed by atoms with E-state index >= 15 is 0 Å². The Kier molecular flexibility index (Phi) is 2.79. The van der Waals surface area contributed by atoms with Crippen LogP contribution in [-0.4, -0.2) is 14.8 Å². The third-order valence-corrected chi connectivity index (χ3v) is 3.97. The zero-order valence-corrected chi connectivity index (χ0v) is 10.9. The van der Waals surface area contributed by atoms with Crippen molar-refractivity contribution in [3.05, 3.63) is 26.2 Å². The van der Waals surface area contributed by atoms with Crippen LogP contribution in [0.4, 0.5) is 5.82 Å². The molecule has 0 bridgehead atoms. The van der Waals surface area contributed by atoms with Crippen LogP contribution in [0.2, 0.25) is 0 Å². The molecule has 0 amide bonds.